The number of rotatable bonds is 3. The predicted molar refractivity (Wildman–Crippen MR) is 71.0 cm³/mol. The number of likely N-dealkylation sites (tertiary alicyclic amines) is 1. The third kappa shape index (κ3) is 2.38. The lowest BCUT2D eigenvalue weighted by molar-refractivity contribution is -0.136. The van der Waals surface area contributed by atoms with Crippen LogP contribution in [0.4, 0.5) is 0 Å². The van der Waals surface area contributed by atoms with Crippen LogP contribution in [0.1, 0.15) is 42.5 Å². The first-order valence-corrected chi connectivity index (χ1v) is 7.12. The van der Waals surface area contributed by atoms with Crippen LogP contribution in [0.3, 0.4) is 0 Å². The summed E-state index contributed by atoms with van der Waals surface area (Å²) in [5, 5.41) is 0. The molecule has 0 saturated carbocycles. The topological polar surface area (TPSA) is 46.3 Å². The number of hydrogen-bond donors (Lipinski definition) is 1. The number of thiophene rings is 1. The Bertz CT molecular complexity index is 402. The van der Waals surface area contributed by atoms with Crippen LogP contribution in [0.25, 0.3) is 0 Å². The number of nitrogens with two attached hydrogens (primary N) is 1. The molecule has 1 aromatic rings. The van der Waals surface area contributed by atoms with Gasteiger partial charge in [0.15, 0.2) is 0 Å². The van der Waals surface area contributed by atoms with E-state index in [9.17, 15) is 4.79 Å². The van der Waals surface area contributed by atoms with Crippen LogP contribution in [-0.2, 0) is 11.2 Å². The van der Waals surface area contributed by atoms with Crippen molar-refractivity contribution in [1.82, 2.24) is 4.90 Å². The van der Waals surface area contributed by atoms with E-state index in [1.165, 1.54) is 9.75 Å². The van der Waals surface area contributed by atoms with E-state index in [-0.39, 0.29) is 18.0 Å². The van der Waals surface area contributed by atoms with Gasteiger partial charge in [-0.2, -0.15) is 0 Å². The molecular weight excluding hydrogens is 232 g/mol. The largest absolute Gasteiger partial charge is 0.334 e. The maximum atomic E-state index is 11.9. The summed E-state index contributed by atoms with van der Waals surface area (Å²) in [7, 11) is 0. The molecule has 1 aliphatic heterocycles. The van der Waals surface area contributed by atoms with Crippen molar-refractivity contribution in [3.8, 4) is 0 Å². The highest BCUT2D eigenvalue weighted by Crippen LogP contribution is 2.34. The van der Waals surface area contributed by atoms with Crippen molar-refractivity contribution in [2.75, 3.05) is 6.54 Å². The number of hydrogen-bond acceptors (Lipinski definition) is 3. The molecule has 94 valence electrons. The van der Waals surface area contributed by atoms with E-state index in [1.807, 2.05) is 11.8 Å². The summed E-state index contributed by atoms with van der Waals surface area (Å²) in [4.78, 5) is 16.4. The third-order valence-corrected chi connectivity index (χ3v) is 4.72. The first-order chi connectivity index (χ1) is 8.17. The predicted octanol–water partition coefficient (Wildman–Crippen LogP) is 2.32. The highest BCUT2D eigenvalue weighted by Gasteiger charge is 2.34. The van der Waals surface area contributed by atoms with Crippen LogP contribution in [0.15, 0.2) is 12.1 Å². The Balaban J connectivity index is 2.28. The minimum absolute atomic E-state index is 0.0796. The average molecular weight is 252 g/mol. The molecule has 17 heavy (non-hydrogen) atoms. The number of nitrogens with zero attached hydrogens (tertiary/aromatic N) is 1. The molecule has 0 aromatic carbocycles. The lowest BCUT2D eigenvalue weighted by Crippen LogP contribution is -2.48. The summed E-state index contributed by atoms with van der Waals surface area (Å²) in [6.07, 6.45) is 2.45. The lowest BCUT2D eigenvalue weighted by atomic mass is 9.95. The first kappa shape index (κ1) is 12.6. The Kier molecular flexibility index (Phi) is 3.84. The molecule has 1 saturated heterocycles. The second kappa shape index (κ2) is 5.19. The van der Waals surface area contributed by atoms with E-state index in [4.69, 9.17) is 5.73 Å². The number of carbonyl (C=O) groups excluding carboxylic acids is 1. The molecule has 1 fully saturated rings. The van der Waals surface area contributed by atoms with Gasteiger partial charge in [0.2, 0.25) is 5.91 Å². The Morgan fingerprint density at radius 2 is 2.24 bits per heavy atom. The van der Waals surface area contributed by atoms with Crippen molar-refractivity contribution in [3.63, 3.8) is 0 Å². The molecule has 0 aliphatic carbocycles. The van der Waals surface area contributed by atoms with Crippen molar-refractivity contribution in [3.05, 3.63) is 21.9 Å². The molecular formula is C13H20N2OS. The van der Waals surface area contributed by atoms with Crippen molar-refractivity contribution >= 4 is 17.2 Å². The van der Waals surface area contributed by atoms with Gasteiger partial charge in [-0.15, -0.1) is 11.3 Å². The highest BCUT2D eigenvalue weighted by molar-refractivity contribution is 7.12. The molecule has 2 unspecified atom stereocenters. The van der Waals surface area contributed by atoms with Crippen LogP contribution in [-0.4, -0.2) is 23.4 Å². The van der Waals surface area contributed by atoms with E-state index in [1.54, 1.807) is 11.3 Å². The molecule has 0 bridgehead atoms. The minimum atomic E-state index is 0.0796. The van der Waals surface area contributed by atoms with E-state index in [0.717, 1.165) is 19.4 Å². The summed E-state index contributed by atoms with van der Waals surface area (Å²) < 4.78 is 0. The quantitative estimate of drug-likeness (QED) is 0.897. The fourth-order valence-corrected chi connectivity index (χ4v) is 3.60. The van der Waals surface area contributed by atoms with Crippen molar-refractivity contribution in [2.45, 2.75) is 45.2 Å². The van der Waals surface area contributed by atoms with Gasteiger partial charge in [-0.25, -0.2) is 0 Å². The first-order valence-electron chi connectivity index (χ1n) is 6.31. The summed E-state index contributed by atoms with van der Waals surface area (Å²) >= 11 is 1.79. The van der Waals surface area contributed by atoms with Crippen molar-refractivity contribution in [2.24, 2.45) is 5.73 Å². The molecule has 1 aliphatic rings. The smallest absolute Gasteiger partial charge is 0.223 e. The zero-order valence-electron chi connectivity index (χ0n) is 10.5. The molecule has 0 spiro atoms. The summed E-state index contributed by atoms with van der Waals surface area (Å²) in [5.41, 5.74) is 6.20. The maximum Gasteiger partial charge on any atom is 0.223 e. The van der Waals surface area contributed by atoms with Gasteiger partial charge in [0.05, 0.1) is 6.04 Å². The van der Waals surface area contributed by atoms with Crippen LogP contribution in [0.5, 0.6) is 0 Å². The molecule has 2 N–H and O–H groups in total. The van der Waals surface area contributed by atoms with Gasteiger partial charge >= 0.3 is 0 Å². The van der Waals surface area contributed by atoms with Gasteiger partial charge in [-0.05, 0) is 31.9 Å². The number of carbonyl (C=O) groups is 1. The Morgan fingerprint density at radius 1 is 1.47 bits per heavy atom. The molecule has 1 aromatic heterocycles. The SMILES string of the molecule is CCc1ccc(C2C(N)CCC(=O)N2CC)s1. The summed E-state index contributed by atoms with van der Waals surface area (Å²) in [6.45, 7) is 4.92. The van der Waals surface area contributed by atoms with Gasteiger partial charge in [-0.3, -0.25) is 4.79 Å². The van der Waals surface area contributed by atoms with Crippen LogP contribution < -0.4 is 5.73 Å². The van der Waals surface area contributed by atoms with E-state index in [0.29, 0.717) is 6.42 Å². The van der Waals surface area contributed by atoms with Gasteiger partial charge in [-0.1, -0.05) is 6.92 Å². The van der Waals surface area contributed by atoms with Gasteiger partial charge in [0.1, 0.15) is 0 Å². The molecule has 4 heteroatoms. The van der Waals surface area contributed by atoms with E-state index >= 15 is 0 Å². The minimum Gasteiger partial charge on any atom is -0.334 e. The average Bonchev–Trinajstić information content (AvgIpc) is 2.80. The van der Waals surface area contributed by atoms with E-state index < -0.39 is 0 Å². The number of likely N-dealkylation sites (N-methyl/N-ethyl adjacent to an activating group) is 1. The van der Waals surface area contributed by atoms with Crippen molar-refractivity contribution < 1.29 is 4.79 Å². The number of amides is 1. The standard InChI is InChI=1S/C13H20N2OS/c1-3-9-5-7-11(17-9)13-10(14)6-8-12(16)15(13)4-2/h5,7,10,13H,3-4,6,8,14H2,1-2H3. The molecule has 0 radical (unpaired) electrons. The van der Waals surface area contributed by atoms with E-state index in [2.05, 4.69) is 19.1 Å². The zero-order chi connectivity index (χ0) is 12.4. The molecule has 2 heterocycles. The Hall–Kier alpha value is -0.870. The lowest BCUT2D eigenvalue weighted by Gasteiger charge is -2.38. The third-order valence-electron chi connectivity index (χ3n) is 3.42. The zero-order valence-corrected chi connectivity index (χ0v) is 11.3. The normalized spacial score (nSPS) is 25.4. The second-order valence-electron chi connectivity index (χ2n) is 4.48. The molecule has 2 atom stereocenters. The number of aryl methyl sites for hydroxylation is 1. The maximum absolute atomic E-state index is 11.9. The monoisotopic (exact) mass is 252 g/mol. The molecule has 2 rings (SSSR count). The van der Waals surface area contributed by atoms with Crippen LogP contribution in [0, 0.1) is 0 Å². The Labute approximate surface area is 107 Å². The van der Waals surface area contributed by atoms with Crippen LogP contribution in [0.2, 0.25) is 0 Å². The summed E-state index contributed by atoms with van der Waals surface area (Å²) in [5.74, 6) is 0.241. The summed E-state index contributed by atoms with van der Waals surface area (Å²) in [6, 6.07) is 4.46. The number of piperidine rings is 1. The van der Waals surface area contributed by atoms with Gasteiger partial charge < -0.3 is 10.6 Å². The van der Waals surface area contributed by atoms with Gasteiger partial charge in [0.25, 0.3) is 0 Å². The molecule has 3 nitrogen and oxygen atoms in total. The van der Waals surface area contributed by atoms with Crippen molar-refractivity contribution in [1.29, 1.82) is 0 Å². The fourth-order valence-electron chi connectivity index (χ4n) is 2.46. The second-order valence-corrected chi connectivity index (χ2v) is 5.68. The molecule has 1 amide bonds. The Morgan fingerprint density at radius 3 is 2.82 bits per heavy atom. The fraction of sp³-hybridized carbons (Fsp3) is 0.615. The van der Waals surface area contributed by atoms with Gasteiger partial charge in [0, 0.05) is 28.8 Å². The highest BCUT2D eigenvalue weighted by atomic mass is 32.1. The van der Waals surface area contributed by atoms with Crippen LogP contribution >= 0.6 is 11.3 Å².